The number of nitrogens with zero attached hydrogens (tertiary/aromatic N) is 2. The Morgan fingerprint density at radius 2 is 2.17 bits per heavy atom. The number of carbonyl (C=O) groups excluding carboxylic acids is 1. The maximum atomic E-state index is 12.3. The highest BCUT2D eigenvalue weighted by atomic mass is 32.2. The first kappa shape index (κ1) is 18.1. The van der Waals surface area contributed by atoms with Crippen LogP contribution in [0.25, 0.3) is 0 Å². The zero-order chi connectivity index (χ0) is 16.7. The molecule has 128 valence electrons. The highest BCUT2D eigenvalue weighted by Crippen LogP contribution is 2.16. The summed E-state index contributed by atoms with van der Waals surface area (Å²) in [6, 6.07) is 8.60. The van der Waals surface area contributed by atoms with E-state index in [2.05, 4.69) is 41.6 Å². The van der Waals surface area contributed by atoms with E-state index in [0.29, 0.717) is 19.1 Å². The molecule has 23 heavy (non-hydrogen) atoms. The third kappa shape index (κ3) is 5.71. The zero-order valence-electron chi connectivity index (χ0n) is 14.2. The molecular formula is C17H27N3O2S. The standard InChI is InChI=1S/C17H27N3O2S/c1-14(20-7-9-22-10-8-20)12-18-17(21)19(2)13-15-5-4-6-16(11-15)23-3/h4-6,11,14H,7-10,12-13H2,1-3H3,(H,18,21)/t14-/m0/s1. The van der Waals surface area contributed by atoms with E-state index in [1.54, 1.807) is 16.7 Å². The van der Waals surface area contributed by atoms with Gasteiger partial charge in [-0.3, -0.25) is 4.90 Å². The highest BCUT2D eigenvalue weighted by molar-refractivity contribution is 7.98. The van der Waals surface area contributed by atoms with Crippen LogP contribution in [0.3, 0.4) is 0 Å². The Morgan fingerprint density at radius 1 is 1.43 bits per heavy atom. The summed E-state index contributed by atoms with van der Waals surface area (Å²) < 4.78 is 5.36. The van der Waals surface area contributed by atoms with Crippen molar-refractivity contribution in [1.82, 2.24) is 15.1 Å². The predicted octanol–water partition coefficient (Wildman–Crippen LogP) is 2.27. The number of hydrogen-bond donors (Lipinski definition) is 1. The van der Waals surface area contributed by atoms with Gasteiger partial charge in [0.2, 0.25) is 0 Å². The molecule has 0 spiro atoms. The molecule has 1 N–H and O–H groups in total. The number of rotatable bonds is 6. The number of thioether (sulfide) groups is 1. The Kier molecular flexibility index (Phi) is 7.20. The summed E-state index contributed by atoms with van der Waals surface area (Å²) in [6.45, 7) is 6.87. The molecule has 0 bridgehead atoms. The van der Waals surface area contributed by atoms with Gasteiger partial charge in [0, 0.05) is 44.2 Å². The van der Waals surface area contributed by atoms with Crippen molar-refractivity contribution >= 4 is 17.8 Å². The third-order valence-electron chi connectivity index (χ3n) is 4.12. The van der Waals surface area contributed by atoms with E-state index in [1.165, 1.54) is 4.90 Å². The van der Waals surface area contributed by atoms with Crippen molar-refractivity contribution in [3.05, 3.63) is 29.8 Å². The third-order valence-corrected chi connectivity index (χ3v) is 4.84. The van der Waals surface area contributed by atoms with Gasteiger partial charge in [-0.1, -0.05) is 12.1 Å². The summed E-state index contributed by atoms with van der Waals surface area (Å²) in [5, 5.41) is 3.03. The van der Waals surface area contributed by atoms with Crippen molar-refractivity contribution in [1.29, 1.82) is 0 Å². The number of ether oxygens (including phenoxy) is 1. The van der Waals surface area contributed by atoms with Gasteiger partial charge in [0.05, 0.1) is 13.2 Å². The topological polar surface area (TPSA) is 44.8 Å². The Labute approximate surface area is 143 Å². The van der Waals surface area contributed by atoms with E-state index in [1.807, 2.05) is 13.1 Å². The molecule has 5 nitrogen and oxygen atoms in total. The second kappa shape index (κ2) is 9.15. The number of nitrogens with one attached hydrogen (secondary N) is 1. The maximum Gasteiger partial charge on any atom is 0.317 e. The number of hydrogen-bond acceptors (Lipinski definition) is 4. The van der Waals surface area contributed by atoms with Crippen LogP contribution in [-0.2, 0) is 11.3 Å². The van der Waals surface area contributed by atoms with Crippen LogP contribution in [0.2, 0.25) is 0 Å². The molecule has 0 aliphatic carbocycles. The molecule has 1 aliphatic rings. The molecule has 1 fully saturated rings. The van der Waals surface area contributed by atoms with Crippen molar-refractivity contribution in [3.63, 3.8) is 0 Å². The van der Waals surface area contributed by atoms with Gasteiger partial charge in [0.15, 0.2) is 0 Å². The number of morpholine rings is 1. The average molecular weight is 337 g/mol. The van der Waals surface area contributed by atoms with Gasteiger partial charge >= 0.3 is 6.03 Å². The summed E-state index contributed by atoms with van der Waals surface area (Å²) in [5.41, 5.74) is 1.15. The van der Waals surface area contributed by atoms with E-state index < -0.39 is 0 Å². The smallest absolute Gasteiger partial charge is 0.317 e. The Morgan fingerprint density at radius 3 is 2.87 bits per heavy atom. The lowest BCUT2D eigenvalue weighted by Gasteiger charge is -2.32. The molecule has 0 unspecified atom stereocenters. The molecular weight excluding hydrogens is 310 g/mol. The van der Waals surface area contributed by atoms with Gasteiger partial charge in [-0.2, -0.15) is 0 Å². The lowest BCUT2D eigenvalue weighted by Crippen LogP contribution is -2.49. The van der Waals surface area contributed by atoms with Gasteiger partial charge in [0.25, 0.3) is 0 Å². The van der Waals surface area contributed by atoms with Crippen LogP contribution >= 0.6 is 11.8 Å². The first-order chi connectivity index (χ1) is 11.1. The van der Waals surface area contributed by atoms with Crippen molar-refractivity contribution < 1.29 is 9.53 Å². The molecule has 2 rings (SSSR count). The van der Waals surface area contributed by atoms with Crippen LogP contribution in [0.4, 0.5) is 4.79 Å². The fraction of sp³-hybridized carbons (Fsp3) is 0.588. The summed E-state index contributed by atoms with van der Waals surface area (Å²) in [4.78, 5) is 17.6. The van der Waals surface area contributed by atoms with Gasteiger partial charge in [0.1, 0.15) is 0 Å². The fourth-order valence-corrected chi connectivity index (χ4v) is 3.12. The fourth-order valence-electron chi connectivity index (χ4n) is 2.63. The van der Waals surface area contributed by atoms with Crippen LogP contribution < -0.4 is 5.32 Å². The van der Waals surface area contributed by atoms with E-state index in [-0.39, 0.29) is 6.03 Å². The van der Waals surface area contributed by atoms with E-state index in [9.17, 15) is 4.79 Å². The molecule has 1 aromatic rings. The first-order valence-electron chi connectivity index (χ1n) is 8.04. The number of benzene rings is 1. The molecule has 6 heteroatoms. The van der Waals surface area contributed by atoms with Crippen molar-refractivity contribution in [3.8, 4) is 0 Å². The van der Waals surface area contributed by atoms with Gasteiger partial charge < -0.3 is 15.0 Å². The van der Waals surface area contributed by atoms with Crippen LogP contribution in [0, 0.1) is 0 Å². The van der Waals surface area contributed by atoms with Gasteiger partial charge in [-0.05, 0) is 30.9 Å². The summed E-state index contributed by atoms with van der Waals surface area (Å²) in [6.07, 6.45) is 2.06. The van der Waals surface area contributed by atoms with E-state index in [0.717, 1.165) is 31.9 Å². The Bertz CT molecular complexity index is 506. The Hall–Kier alpha value is -1.24. The average Bonchev–Trinajstić information content (AvgIpc) is 2.60. The quantitative estimate of drug-likeness (QED) is 0.809. The molecule has 1 atom stereocenters. The molecule has 0 saturated carbocycles. The molecule has 1 aliphatic heterocycles. The van der Waals surface area contributed by atoms with Crippen molar-refractivity contribution in [2.24, 2.45) is 0 Å². The summed E-state index contributed by atoms with van der Waals surface area (Å²) in [5.74, 6) is 0. The Balaban J connectivity index is 1.77. The van der Waals surface area contributed by atoms with Gasteiger partial charge in [-0.15, -0.1) is 11.8 Å². The zero-order valence-corrected chi connectivity index (χ0v) is 15.1. The van der Waals surface area contributed by atoms with Crippen LogP contribution in [0.15, 0.2) is 29.2 Å². The second-order valence-corrected chi connectivity index (χ2v) is 6.77. The number of amides is 2. The van der Waals surface area contributed by atoms with Crippen LogP contribution in [-0.4, -0.2) is 68.0 Å². The molecule has 2 amide bonds. The van der Waals surface area contributed by atoms with E-state index >= 15 is 0 Å². The monoisotopic (exact) mass is 337 g/mol. The summed E-state index contributed by atoms with van der Waals surface area (Å²) >= 11 is 1.71. The van der Waals surface area contributed by atoms with Gasteiger partial charge in [-0.25, -0.2) is 4.79 Å². The van der Waals surface area contributed by atoms with Crippen LogP contribution in [0.1, 0.15) is 12.5 Å². The molecule has 1 aromatic carbocycles. The molecule has 1 saturated heterocycles. The summed E-state index contributed by atoms with van der Waals surface area (Å²) in [7, 11) is 1.83. The lowest BCUT2D eigenvalue weighted by molar-refractivity contribution is 0.0207. The minimum atomic E-state index is -0.0281. The lowest BCUT2D eigenvalue weighted by atomic mass is 10.2. The second-order valence-electron chi connectivity index (χ2n) is 5.89. The SMILES string of the molecule is CSc1cccc(CN(C)C(=O)NC[C@H](C)N2CCOCC2)c1. The largest absolute Gasteiger partial charge is 0.379 e. The van der Waals surface area contributed by atoms with Crippen molar-refractivity contribution in [2.45, 2.75) is 24.4 Å². The van der Waals surface area contributed by atoms with E-state index in [4.69, 9.17) is 4.74 Å². The highest BCUT2D eigenvalue weighted by Gasteiger charge is 2.18. The molecule has 0 radical (unpaired) electrons. The normalized spacial score (nSPS) is 16.8. The van der Waals surface area contributed by atoms with Crippen LogP contribution in [0.5, 0.6) is 0 Å². The maximum absolute atomic E-state index is 12.3. The number of urea groups is 1. The number of carbonyl (C=O) groups is 1. The predicted molar refractivity (Wildman–Crippen MR) is 94.9 cm³/mol. The molecule has 0 aromatic heterocycles. The molecule has 1 heterocycles. The van der Waals surface area contributed by atoms with Crippen molar-refractivity contribution in [2.75, 3.05) is 46.2 Å². The first-order valence-corrected chi connectivity index (χ1v) is 9.26. The minimum absolute atomic E-state index is 0.0281. The minimum Gasteiger partial charge on any atom is -0.379 e.